The SMILES string of the molecule is Cc1cc(-c2c3ccccc3c(-c3ccc4c(ccc5ccccc54)c3)c3ccccc23)ccc1N(C1=CCCC=C1)c1ccccc1. The van der Waals surface area contributed by atoms with Crippen LogP contribution >= 0.6 is 0 Å². The van der Waals surface area contributed by atoms with Crippen LogP contribution in [0.15, 0.2) is 176 Å². The third-order valence-corrected chi connectivity index (χ3v) is 9.94. The molecular formula is C47H35N. The van der Waals surface area contributed by atoms with E-state index in [1.54, 1.807) is 0 Å². The summed E-state index contributed by atoms with van der Waals surface area (Å²) in [6, 6.07) is 55.8. The van der Waals surface area contributed by atoms with Gasteiger partial charge in [-0.05, 0) is 127 Å². The molecule has 0 fully saturated rings. The van der Waals surface area contributed by atoms with Crippen molar-refractivity contribution in [1.82, 2.24) is 0 Å². The molecule has 0 aromatic heterocycles. The van der Waals surface area contributed by atoms with E-state index < -0.39 is 0 Å². The number of hydrogen-bond donors (Lipinski definition) is 0. The first-order chi connectivity index (χ1) is 23.7. The zero-order valence-electron chi connectivity index (χ0n) is 27.0. The lowest BCUT2D eigenvalue weighted by Gasteiger charge is -2.29. The van der Waals surface area contributed by atoms with Gasteiger partial charge in [-0.25, -0.2) is 0 Å². The van der Waals surface area contributed by atoms with Gasteiger partial charge in [0.2, 0.25) is 0 Å². The van der Waals surface area contributed by atoms with Crippen LogP contribution in [0.3, 0.4) is 0 Å². The maximum atomic E-state index is 2.40. The van der Waals surface area contributed by atoms with Gasteiger partial charge in [-0.3, -0.25) is 0 Å². The summed E-state index contributed by atoms with van der Waals surface area (Å²) in [6.45, 7) is 2.25. The van der Waals surface area contributed by atoms with Gasteiger partial charge in [0.15, 0.2) is 0 Å². The molecule has 1 heteroatoms. The van der Waals surface area contributed by atoms with Crippen LogP contribution < -0.4 is 4.90 Å². The molecule has 0 amide bonds. The molecule has 0 saturated heterocycles. The average molecular weight is 614 g/mol. The van der Waals surface area contributed by atoms with Crippen molar-refractivity contribution >= 4 is 54.5 Å². The summed E-state index contributed by atoms with van der Waals surface area (Å²) in [5, 5.41) is 10.2. The molecule has 9 rings (SSSR count). The normalized spacial score (nSPS) is 13.0. The zero-order valence-corrected chi connectivity index (χ0v) is 27.0. The van der Waals surface area contributed by atoms with E-state index in [9.17, 15) is 0 Å². The fourth-order valence-electron chi connectivity index (χ4n) is 7.75. The van der Waals surface area contributed by atoms with Gasteiger partial charge < -0.3 is 4.90 Å². The lowest BCUT2D eigenvalue weighted by Crippen LogP contribution is -2.17. The molecule has 0 N–H and O–H groups in total. The molecule has 1 nitrogen and oxygen atoms in total. The van der Waals surface area contributed by atoms with E-state index in [4.69, 9.17) is 0 Å². The Hall–Kier alpha value is -5.92. The number of nitrogens with zero attached hydrogens (tertiary/aromatic N) is 1. The van der Waals surface area contributed by atoms with Crippen molar-refractivity contribution < 1.29 is 0 Å². The number of allylic oxidation sites excluding steroid dienone is 3. The first-order valence-corrected chi connectivity index (χ1v) is 16.9. The second-order valence-corrected chi connectivity index (χ2v) is 12.8. The molecular weight excluding hydrogens is 579 g/mol. The van der Waals surface area contributed by atoms with E-state index >= 15 is 0 Å². The van der Waals surface area contributed by atoms with Crippen LogP contribution in [0.25, 0.3) is 65.3 Å². The summed E-state index contributed by atoms with van der Waals surface area (Å²) in [5.41, 5.74) is 9.92. The number of anilines is 2. The molecule has 48 heavy (non-hydrogen) atoms. The molecule has 1 aliphatic carbocycles. The van der Waals surface area contributed by atoms with Crippen molar-refractivity contribution in [2.24, 2.45) is 0 Å². The molecule has 0 heterocycles. The summed E-state index contributed by atoms with van der Waals surface area (Å²) in [6.07, 6.45) is 9.06. The highest BCUT2D eigenvalue weighted by molar-refractivity contribution is 6.22. The molecule has 0 unspecified atom stereocenters. The van der Waals surface area contributed by atoms with Crippen molar-refractivity contribution in [3.05, 3.63) is 181 Å². The average Bonchev–Trinajstić information content (AvgIpc) is 3.15. The second kappa shape index (κ2) is 11.7. The van der Waals surface area contributed by atoms with Crippen molar-refractivity contribution in [2.45, 2.75) is 19.8 Å². The maximum Gasteiger partial charge on any atom is 0.0491 e. The Balaban J connectivity index is 1.24. The summed E-state index contributed by atoms with van der Waals surface area (Å²) in [5.74, 6) is 0. The Bertz CT molecular complexity index is 2510. The summed E-state index contributed by atoms with van der Waals surface area (Å²) in [4.78, 5) is 2.40. The molecule has 8 aromatic carbocycles. The van der Waals surface area contributed by atoms with Crippen LogP contribution in [0.5, 0.6) is 0 Å². The van der Waals surface area contributed by atoms with Gasteiger partial charge in [-0.2, -0.15) is 0 Å². The topological polar surface area (TPSA) is 3.24 Å². The highest BCUT2D eigenvalue weighted by Crippen LogP contribution is 2.45. The van der Waals surface area contributed by atoms with E-state index in [2.05, 4.69) is 182 Å². The van der Waals surface area contributed by atoms with Gasteiger partial charge in [0.25, 0.3) is 0 Å². The Morgan fingerprint density at radius 1 is 0.458 bits per heavy atom. The molecule has 8 aromatic rings. The van der Waals surface area contributed by atoms with Gasteiger partial charge >= 0.3 is 0 Å². The molecule has 0 radical (unpaired) electrons. The summed E-state index contributed by atoms with van der Waals surface area (Å²) < 4.78 is 0. The predicted octanol–water partition coefficient (Wildman–Crippen LogP) is 13.3. The van der Waals surface area contributed by atoms with Gasteiger partial charge in [0.05, 0.1) is 0 Å². The van der Waals surface area contributed by atoms with Gasteiger partial charge in [-0.1, -0.05) is 133 Å². The molecule has 0 saturated carbocycles. The molecule has 0 spiro atoms. The molecule has 0 atom stereocenters. The highest BCUT2D eigenvalue weighted by atomic mass is 15.1. The first kappa shape index (κ1) is 28.3. The Morgan fingerprint density at radius 2 is 1.02 bits per heavy atom. The maximum absolute atomic E-state index is 2.40. The molecule has 0 aliphatic heterocycles. The van der Waals surface area contributed by atoms with E-state index in [1.807, 2.05) is 0 Å². The third kappa shape index (κ3) is 4.70. The van der Waals surface area contributed by atoms with Crippen LogP contribution in [-0.4, -0.2) is 0 Å². The second-order valence-electron chi connectivity index (χ2n) is 12.8. The van der Waals surface area contributed by atoms with E-state index in [0.29, 0.717) is 0 Å². The smallest absolute Gasteiger partial charge is 0.0491 e. The Labute approximate surface area is 281 Å². The largest absolute Gasteiger partial charge is 0.311 e. The predicted molar refractivity (Wildman–Crippen MR) is 207 cm³/mol. The van der Waals surface area contributed by atoms with Crippen LogP contribution in [0.4, 0.5) is 11.4 Å². The minimum atomic E-state index is 1.06. The third-order valence-electron chi connectivity index (χ3n) is 9.94. The van der Waals surface area contributed by atoms with Crippen molar-refractivity contribution in [1.29, 1.82) is 0 Å². The zero-order chi connectivity index (χ0) is 32.0. The highest BCUT2D eigenvalue weighted by Gasteiger charge is 2.20. The van der Waals surface area contributed by atoms with Crippen LogP contribution in [0.1, 0.15) is 18.4 Å². The number of hydrogen-bond acceptors (Lipinski definition) is 1. The number of para-hydroxylation sites is 1. The van der Waals surface area contributed by atoms with Crippen molar-refractivity contribution in [3.8, 4) is 22.3 Å². The Kier molecular flexibility index (Phi) is 6.91. The lowest BCUT2D eigenvalue weighted by atomic mass is 9.85. The fraction of sp³-hybridized carbons (Fsp3) is 0.0638. The Morgan fingerprint density at radius 3 is 1.67 bits per heavy atom. The monoisotopic (exact) mass is 613 g/mol. The van der Waals surface area contributed by atoms with E-state index in [-0.39, 0.29) is 0 Å². The molecule has 0 bridgehead atoms. The summed E-state index contributed by atoms with van der Waals surface area (Å²) >= 11 is 0. The van der Waals surface area contributed by atoms with Gasteiger partial charge in [-0.15, -0.1) is 0 Å². The summed E-state index contributed by atoms with van der Waals surface area (Å²) in [7, 11) is 0. The number of aryl methyl sites for hydroxylation is 1. The van der Waals surface area contributed by atoms with Crippen molar-refractivity contribution in [2.75, 3.05) is 4.90 Å². The standard InChI is InChI=1S/C47H35N/c1-32-30-35(27-29-45(32)48(37-15-4-2-5-16-37)38-17-6-3-7-18-38)46-41-20-10-12-22-43(41)47(44-23-13-11-21-42(44)46)36-26-28-40-34(31-36)25-24-33-14-8-9-19-39(33)40/h2,4-6,8-31H,3,7H2,1H3. The van der Waals surface area contributed by atoms with E-state index in [1.165, 1.54) is 88.0 Å². The van der Waals surface area contributed by atoms with E-state index in [0.717, 1.165) is 12.8 Å². The van der Waals surface area contributed by atoms with Gasteiger partial charge in [0.1, 0.15) is 0 Å². The van der Waals surface area contributed by atoms with Crippen LogP contribution in [0.2, 0.25) is 0 Å². The van der Waals surface area contributed by atoms with Crippen LogP contribution in [0, 0.1) is 6.92 Å². The first-order valence-electron chi connectivity index (χ1n) is 16.9. The lowest BCUT2D eigenvalue weighted by molar-refractivity contribution is 0.996. The number of benzene rings is 8. The van der Waals surface area contributed by atoms with Gasteiger partial charge in [0, 0.05) is 17.1 Å². The van der Waals surface area contributed by atoms with Crippen LogP contribution in [-0.2, 0) is 0 Å². The minimum absolute atomic E-state index is 1.06. The number of rotatable bonds is 5. The minimum Gasteiger partial charge on any atom is -0.311 e. The molecule has 228 valence electrons. The molecule has 1 aliphatic rings. The quantitative estimate of drug-likeness (QED) is 0.138. The number of fused-ring (bicyclic) bond motifs is 5. The van der Waals surface area contributed by atoms with Crippen molar-refractivity contribution in [3.63, 3.8) is 0 Å². The fourth-order valence-corrected chi connectivity index (χ4v) is 7.75.